The summed E-state index contributed by atoms with van der Waals surface area (Å²) in [7, 11) is 1.98. The third-order valence-corrected chi connectivity index (χ3v) is 3.81. The molecule has 0 amide bonds. The average molecular weight is 341 g/mol. The van der Waals surface area contributed by atoms with Gasteiger partial charge in [0.15, 0.2) is 5.82 Å². The molecule has 1 atom stereocenters. The van der Waals surface area contributed by atoms with Crippen molar-refractivity contribution >= 4 is 39.0 Å². The summed E-state index contributed by atoms with van der Waals surface area (Å²) in [6, 6.07) is 9.82. The lowest BCUT2D eigenvalue weighted by molar-refractivity contribution is 0.730. The lowest BCUT2D eigenvalue weighted by atomic mass is 10.1. The van der Waals surface area contributed by atoms with Gasteiger partial charge in [-0.25, -0.2) is 4.98 Å². The molecule has 2 aromatic rings. The standard InChI is InChI=1S/C14H15BrClN3/c1-9(10-3-5-12(16)6-4-10)19(2)14-13(17)7-11(15)8-18-14/h3-9H,17H2,1-2H3. The van der Waals surface area contributed by atoms with Crippen molar-refractivity contribution in [1.82, 2.24) is 4.98 Å². The third kappa shape index (κ3) is 3.19. The van der Waals surface area contributed by atoms with Crippen LogP contribution in [0, 0.1) is 0 Å². The van der Waals surface area contributed by atoms with Gasteiger partial charge in [-0.3, -0.25) is 0 Å². The van der Waals surface area contributed by atoms with Crippen LogP contribution in [-0.4, -0.2) is 12.0 Å². The maximum atomic E-state index is 6.01. The van der Waals surface area contributed by atoms with Gasteiger partial charge in [-0.15, -0.1) is 0 Å². The number of halogens is 2. The van der Waals surface area contributed by atoms with Crippen LogP contribution in [-0.2, 0) is 0 Å². The SMILES string of the molecule is CC(c1ccc(Cl)cc1)N(C)c1ncc(Br)cc1N. The van der Waals surface area contributed by atoms with Crippen LogP contribution in [0.3, 0.4) is 0 Å². The second kappa shape index (κ2) is 5.80. The molecule has 1 heterocycles. The molecule has 100 valence electrons. The minimum atomic E-state index is 0.160. The van der Waals surface area contributed by atoms with Crippen molar-refractivity contribution in [1.29, 1.82) is 0 Å². The first-order valence-corrected chi connectivity index (χ1v) is 7.05. The lowest BCUT2D eigenvalue weighted by Crippen LogP contribution is -2.23. The molecule has 2 rings (SSSR count). The first-order chi connectivity index (χ1) is 8.99. The zero-order valence-corrected chi connectivity index (χ0v) is 13.1. The van der Waals surface area contributed by atoms with E-state index >= 15 is 0 Å². The van der Waals surface area contributed by atoms with Crippen LogP contribution in [0.15, 0.2) is 41.0 Å². The van der Waals surface area contributed by atoms with Crippen molar-refractivity contribution in [3.8, 4) is 0 Å². The molecule has 3 nitrogen and oxygen atoms in total. The van der Waals surface area contributed by atoms with Crippen LogP contribution in [0.5, 0.6) is 0 Å². The fourth-order valence-corrected chi connectivity index (χ4v) is 2.37. The highest BCUT2D eigenvalue weighted by Gasteiger charge is 2.15. The topological polar surface area (TPSA) is 42.2 Å². The number of hydrogen-bond donors (Lipinski definition) is 1. The van der Waals surface area contributed by atoms with E-state index in [1.165, 1.54) is 0 Å². The number of pyridine rings is 1. The van der Waals surface area contributed by atoms with Crippen molar-refractivity contribution in [2.75, 3.05) is 17.7 Å². The molecule has 0 spiro atoms. The van der Waals surface area contributed by atoms with E-state index in [2.05, 4.69) is 27.8 Å². The molecular formula is C14H15BrClN3. The van der Waals surface area contributed by atoms with E-state index in [9.17, 15) is 0 Å². The van der Waals surface area contributed by atoms with Crippen molar-refractivity contribution in [2.24, 2.45) is 0 Å². The van der Waals surface area contributed by atoms with Crippen LogP contribution in [0.4, 0.5) is 11.5 Å². The summed E-state index contributed by atoms with van der Waals surface area (Å²) in [5.74, 6) is 0.769. The lowest BCUT2D eigenvalue weighted by Gasteiger charge is -2.27. The van der Waals surface area contributed by atoms with Gasteiger partial charge in [-0.1, -0.05) is 23.7 Å². The number of anilines is 2. The molecule has 0 aliphatic carbocycles. The van der Waals surface area contributed by atoms with Crippen LogP contribution >= 0.6 is 27.5 Å². The monoisotopic (exact) mass is 339 g/mol. The molecule has 1 aromatic carbocycles. The van der Waals surface area contributed by atoms with E-state index in [1.54, 1.807) is 6.20 Å². The maximum Gasteiger partial charge on any atom is 0.152 e. The van der Waals surface area contributed by atoms with Gasteiger partial charge < -0.3 is 10.6 Å². The summed E-state index contributed by atoms with van der Waals surface area (Å²) in [4.78, 5) is 6.42. The summed E-state index contributed by atoms with van der Waals surface area (Å²) >= 11 is 9.26. The van der Waals surface area contributed by atoms with Gasteiger partial charge in [-0.05, 0) is 46.6 Å². The molecule has 0 saturated heterocycles. The Hall–Kier alpha value is -1.26. The minimum Gasteiger partial charge on any atom is -0.396 e. The number of aromatic nitrogens is 1. The van der Waals surface area contributed by atoms with Gasteiger partial charge >= 0.3 is 0 Å². The molecule has 0 aliphatic heterocycles. The minimum absolute atomic E-state index is 0.160. The predicted molar refractivity (Wildman–Crippen MR) is 84.6 cm³/mol. The van der Waals surface area contributed by atoms with E-state index in [4.69, 9.17) is 17.3 Å². The maximum absolute atomic E-state index is 6.01. The van der Waals surface area contributed by atoms with Crippen LogP contribution in [0.2, 0.25) is 5.02 Å². The molecular weight excluding hydrogens is 326 g/mol. The van der Waals surface area contributed by atoms with Crippen molar-refractivity contribution in [3.05, 3.63) is 51.6 Å². The van der Waals surface area contributed by atoms with Crippen LogP contribution < -0.4 is 10.6 Å². The Balaban J connectivity index is 2.27. The van der Waals surface area contributed by atoms with Gasteiger partial charge in [0.2, 0.25) is 0 Å². The van der Waals surface area contributed by atoms with E-state index in [1.807, 2.05) is 42.3 Å². The Morgan fingerprint density at radius 1 is 1.32 bits per heavy atom. The predicted octanol–water partition coefficient (Wildman–Crippen LogP) is 4.28. The summed E-state index contributed by atoms with van der Waals surface area (Å²) < 4.78 is 0.876. The second-order valence-corrected chi connectivity index (χ2v) is 5.76. The fraction of sp³-hybridized carbons (Fsp3) is 0.214. The summed E-state index contributed by atoms with van der Waals surface area (Å²) in [5, 5.41) is 0.736. The van der Waals surface area contributed by atoms with Crippen molar-refractivity contribution in [3.63, 3.8) is 0 Å². The van der Waals surface area contributed by atoms with Gasteiger partial charge in [0.1, 0.15) is 0 Å². The van der Waals surface area contributed by atoms with Crippen molar-refractivity contribution in [2.45, 2.75) is 13.0 Å². The van der Waals surface area contributed by atoms with E-state index in [0.29, 0.717) is 5.69 Å². The van der Waals surface area contributed by atoms with Gasteiger partial charge in [-0.2, -0.15) is 0 Å². The molecule has 5 heteroatoms. The zero-order valence-electron chi connectivity index (χ0n) is 10.8. The number of nitrogen functional groups attached to an aromatic ring is 1. The first kappa shape index (κ1) is 14.2. The summed E-state index contributed by atoms with van der Waals surface area (Å²) in [6.45, 7) is 2.10. The molecule has 1 aromatic heterocycles. The Morgan fingerprint density at radius 2 is 1.95 bits per heavy atom. The van der Waals surface area contributed by atoms with Crippen molar-refractivity contribution < 1.29 is 0 Å². The number of rotatable bonds is 3. The Kier molecular flexibility index (Phi) is 4.32. The normalized spacial score (nSPS) is 12.2. The van der Waals surface area contributed by atoms with Gasteiger partial charge in [0.25, 0.3) is 0 Å². The number of benzene rings is 1. The summed E-state index contributed by atoms with van der Waals surface area (Å²) in [5.41, 5.74) is 7.82. The first-order valence-electron chi connectivity index (χ1n) is 5.88. The molecule has 0 aliphatic rings. The van der Waals surface area contributed by atoms with Gasteiger partial charge in [0, 0.05) is 22.7 Å². The Labute approximate surface area is 126 Å². The highest BCUT2D eigenvalue weighted by Crippen LogP contribution is 2.29. The number of nitrogens with two attached hydrogens (primary N) is 1. The van der Waals surface area contributed by atoms with Crippen LogP contribution in [0.25, 0.3) is 0 Å². The zero-order chi connectivity index (χ0) is 14.0. The molecule has 0 fully saturated rings. The molecule has 0 saturated carbocycles. The smallest absolute Gasteiger partial charge is 0.152 e. The molecule has 2 N–H and O–H groups in total. The highest BCUT2D eigenvalue weighted by atomic mass is 79.9. The van der Waals surface area contributed by atoms with Crippen LogP contribution in [0.1, 0.15) is 18.5 Å². The Morgan fingerprint density at radius 3 is 2.53 bits per heavy atom. The number of nitrogens with zero attached hydrogens (tertiary/aromatic N) is 2. The van der Waals surface area contributed by atoms with E-state index in [-0.39, 0.29) is 6.04 Å². The number of hydrogen-bond acceptors (Lipinski definition) is 3. The highest BCUT2D eigenvalue weighted by molar-refractivity contribution is 9.10. The molecule has 1 unspecified atom stereocenters. The second-order valence-electron chi connectivity index (χ2n) is 4.40. The quantitative estimate of drug-likeness (QED) is 0.907. The summed E-state index contributed by atoms with van der Waals surface area (Å²) in [6.07, 6.45) is 1.75. The third-order valence-electron chi connectivity index (χ3n) is 3.13. The molecule has 0 radical (unpaired) electrons. The average Bonchev–Trinajstić information content (AvgIpc) is 2.38. The van der Waals surface area contributed by atoms with Gasteiger partial charge in [0.05, 0.1) is 11.7 Å². The fourth-order valence-electron chi connectivity index (χ4n) is 1.89. The van der Waals surface area contributed by atoms with E-state index in [0.717, 1.165) is 20.9 Å². The molecule has 19 heavy (non-hydrogen) atoms. The Bertz CT molecular complexity index is 571. The largest absolute Gasteiger partial charge is 0.396 e. The molecule has 0 bridgehead atoms. The van der Waals surface area contributed by atoms with E-state index < -0.39 is 0 Å².